The molecule has 2 aromatic rings. The fraction of sp³-hybridized carbons (Fsp3) is 0.364. The zero-order chi connectivity index (χ0) is 19.9. The predicted molar refractivity (Wildman–Crippen MR) is 106 cm³/mol. The summed E-state index contributed by atoms with van der Waals surface area (Å²) in [6.07, 6.45) is 1.31. The number of amides is 1. The molecule has 0 spiro atoms. The normalized spacial score (nSPS) is 17.0. The first-order valence-electron chi connectivity index (χ1n) is 9.42. The van der Waals surface area contributed by atoms with Gasteiger partial charge in [-0.15, -0.1) is 0 Å². The number of carbonyl (C=O) groups is 2. The predicted octanol–water partition coefficient (Wildman–Crippen LogP) is 3.45. The van der Waals surface area contributed by atoms with E-state index in [1.54, 1.807) is 38.2 Å². The highest BCUT2D eigenvalue weighted by atomic mass is 16.5. The largest absolute Gasteiger partial charge is 0.491 e. The van der Waals surface area contributed by atoms with Crippen LogP contribution in [0.15, 0.2) is 54.6 Å². The SMILES string of the molecule is CC(OC(=O)c1ccc(OCC2CCCO2)cc1)C(=O)N(C)c1ccccc1. The molecule has 1 fully saturated rings. The van der Waals surface area contributed by atoms with Crippen LogP contribution in [0.1, 0.15) is 30.1 Å². The Morgan fingerprint density at radius 1 is 1.14 bits per heavy atom. The van der Waals surface area contributed by atoms with Crippen LogP contribution >= 0.6 is 0 Å². The van der Waals surface area contributed by atoms with Crippen molar-refractivity contribution in [3.05, 3.63) is 60.2 Å². The van der Waals surface area contributed by atoms with Crippen molar-refractivity contribution in [1.82, 2.24) is 0 Å². The lowest BCUT2D eigenvalue weighted by Crippen LogP contribution is -2.37. The maximum absolute atomic E-state index is 12.5. The molecule has 1 amide bonds. The van der Waals surface area contributed by atoms with Crippen LogP contribution in [0.3, 0.4) is 0 Å². The third-order valence-corrected chi connectivity index (χ3v) is 4.66. The lowest BCUT2D eigenvalue weighted by molar-refractivity contribution is -0.126. The summed E-state index contributed by atoms with van der Waals surface area (Å²) in [5, 5.41) is 0. The second-order valence-corrected chi connectivity index (χ2v) is 6.75. The smallest absolute Gasteiger partial charge is 0.338 e. The number of anilines is 1. The maximum atomic E-state index is 12.5. The summed E-state index contributed by atoms with van der Waals surface area (Å²) >= 11 is 0. The molecule has 2 aromatic carbocycles. The number of benzene rings is 2. The van der Waals surface area contributed by atoms with Gasteiger partial charge < -0.3 is 19.1 Å². The zero-order valence-electron chi connectivity index (χ0n) is 16.2. The summed E-state index contributed by atoms with van der Waals surface area (Å²) in [5.41, 5.74) is 1.11. The molecule has 0 aliphatic carbocycles. The highest BCUT2D eigenvalue weighted by Crippen LogP contribution is 2.18. The molecular formula is C22H25NO5. The molecule has 3 rings (SSSR count). The van der Waals surface area contributed by atoms with Crippen molar-refractivity contribution in [1.29, 1.82) is 0 Å². The fourth-order valence-corrected chi connectivity index (χ4v) is 2.98. The van der Waals surface area contributed by atoms with E-state index in [1.807, 2.05) is 30.3 Å². The third-order valence-electron chi connectivity index (χ3n) is 4.66. The van der Waals surface area contributed by atoms with E-state index in [4.69, 9.17) is 14.2 Å². The van der Waals surface area contributed by atoms with Gasteiger partial charge in [0, 0.05) is 19.3 Å². The van der Waals surface area contributed by atoms with Gasteiger partial charge in [-0.3, -0.25) is 4.79 Å². The lowest BCUT2D eigenvalue weighted by Gasteiger charge is -2.21. The molecule has 1 aliphatic rings. The fourth-order valence-electron chi connectivity index (χ4n) is 2.98. The van der Waals surface area contributed by atoms with E-state index >= 15 is 0 Å². The average Bonchev–Trinajstić information content (AvgIpc) is 3.25. The number of hydrogen-bond acceptors (Lipinski definition) is 5. The number of para-hydroxylation sites is 1. The van der Waals surface area contributed by atoms with E-state index < -0.39 is 12.1 Å². The van der Waals surface area contributed by atoms with E-state index in [1.165, 1.54) is 4.90 Å². The number of carbonyl (C=O) groups excluding carboxylic acids is 2. The van der Waals surface area contributed by atoms with Gasteiger partial charge in [-0.05, 0) is 56.2 Å². The topological polar surface area (TPSA) is 65.1 Å². The minimum atomic E-state index is -0.895. The average molecular weight is 383 g/mol. The van der Waals surface area contributed by atoms with Crippen LogP contribution in [0.4, 0.5) is 5.69 Å². The summed E-state index contributed by atoms with van der Waals surface area (Å²) < 4.78 is 16.5. The highest BCUT2D eigenvalue weighted by molar-refractivity contribution is 5.98. The number of likely N-dealkylation sites (N-methyl/N-ethyl adjacent to an activating group) is 1. The lowest BCUT2D eigenvalue weighted by atomic mass is 10.2. The minimum absolute atomic E-state index is 0.137. The van der Waals surface area contributed by atoms with Crippen molar-refractivity contribution >= 4 is 17.6 Å². The van der Waals surface area contributed by atoms with Crippen LogP contribution in [0.25, 0.3) is 0 Å². The van der Waals surface area contributed by atoms with Crippen LogP contribution in [-0.4, -0.2) is 44.3 Å². The molecule has 1 heterocycles. The molecule has 2 atom stereocenters. The Bertz CT molecular complexity index is 784. The molecule has 148 valence electrons. The molecule has 28 heavy (non-hydrogen) atoms. The van der Waals surface area contributed by atoms with Gasteiger partial charge in [0.2, 0.25) is 0 Å². The Kier molecular flexibility index (Phi) is 6.66. The van der Waals surface area contributed by atoms with E-state index in [2.05, 4.69) is 0 Å². The molecule has 6 heteroatoms. The monoisotopic (exact) mass is 383 g/mol. The Morgan fingerprint density at radius 2 is 1.86 bits per heavy atom. The molecule has 6 nitrogen and oxygen atoms in total. The Balaban J connectivity index is 1.52. The number of nitrogens with zero attached hydrogens (tertiary/aromatic N) is 1. The Labute approximate surface area is 165 Å². The molecule has 2 unspecified atom stereocenters. The summed E-state index contributed by atoms with van der Waals surface area (Å²) in [6.45, 7) is 2.86. The third kappa shape index (κ3) is 5.10. The van der Waals surface area contributed by atoms with Crippen molar-refractivity contribution in [2.24, 2.45) is 0 Å². The number of esters is 1. The summed E-state index contributed by atoms with van der Waals surface area (Å²) in [6, 6.07) is 15.9. The van der Waals surface area contributed by atoms with Gasteiger partial charge in [-0.2, -0.15) is 0 Å². The molecule has 1 aliphatic heterocycles. The first-order chi connectivity index (χ1) is 13.5. The van der Waals surface area contributed by atoms with Gasteiger partial charge in [-0.1, -0.05) is 18.2 Å². The molecule has 0 aromatic heterocycles. The Hall–Kier alpha value is -2.86. The van der Waals surface area contributed by atoms with Crippen LogP contribution in [0.2, 0.25) is 0 Å². The van der Waals surface area contributed by atoms with E-state index in [0.29, 0.717) is 17.9 Å². The van der Waals surface area contributed by atoms with Crippen molar-refractivity contribution in [3.63, 3.8) is 0 Å². The molecule has 0 N–H and O–H groups in total. The summed E-state index contributed by atoms with van der Waals surface area (Å²) in [4.78, 5) is 26.3. The van der Waals surface area contributed by atoms with Gasteiger partial charge in [0.05, 0.1) is 11.7 Å². The maximum Gasteiger partial charge on any atom is 0.338 e. The highest BCUT2D eigenvalue weighted by Gasteiger charge is 2.23. The van der Waals surface area contributed by atoms with Crippen LogP contribution in [0.5, 0.6) is 5.75 Å². The second kappa shape index (κ2) is 9.37. The van der Waals surface area contributed by atoms with Gasteiger partial charge in [-0.25, -0.2) is 4.79 Å². The van der Waals surface area contributed by atoms with Gasteiger partial charge >= 0.3 is 5.97 Å². The summed E-state index contributed by atoms with van der Waals surface area (Å²) in [5.74, 6) is -0.177. The van der Waals surface area contributed by atoms with Crippen molar-refractivity contribution in [3.8, 4) is 5.75 Å². The van der Waals surface area contributed by atoms with E-state index in [0.717, 1.165) is 25.1 Å². The first-order valence-corrected chi connectivity index (χ1v) is 9.42. The van der Waals surface area contributed by atoms with Crippen LogP contribution in [-0.2, 0) is 14.3 Å². The van der Waals surface area contributed by atoms with Crippen LogP contribution in [0, 0.1) is 0 Å². The molecular weight excluding hydrogens is 358 g/mol. The number of hydrogen-bond donors (Lipinski definition) is 0. The standard InChI is InChI=1S/C22H25NO5/c1-16(21(24)23(2)18-7-4-3-5-8-18)28-22(25)17-10-12-19(13-11-17)27-15-20-9-6-14-26-20/h3-5,7-8,10-13,16,20H,6,9,14-15H2,1-2H3. The van der Waals surface area contributed by atoms with Crippen molar-refractivity contribution < 1.29 is 23.8 Å². The van der Waals surface area contributed by atoms with Crippen LogP contribution < -0.4 is 9.64 Å². The molecule has 0 radical (unpaired) electrons. The Morgan fingerprint density at radius 3 is 2.50 bits per heavy atom. The molecule has 1 saturated heterocycles. The van der Waals surface area contributed by atoms with Crippen molar-refractivity contribution in [2.45, 2.75) is 32.0 Å². The first kappa shape index (κ1) is 19.9. The van der Waals surface area contributed by atoms with Gasteiger partial charge in [0.25, 0.3) is 5.91 Å². The van der Waals surface area contributed by atoms with E-state index in [9.17, 15) is 9.59 Å². The minimum Gasteiger partial charge on any atom is -0.491 e. The number of rotatable bonds is 7. The summed E-state index contributed by atoms with van der Waals surface area (Å²) in [7, 11) is 1.65. The molecule has 0 bridgehead atoms. The second-order valence-electron chi connectivity index (χ2n) is 6.75. The van der Waals surface area contributed by atoms with Gasteiger partial charge in [0.1, 0.15) is 12.4 Å². The quantitative estimate of drug-likeness (QED) is 0.685. The number of ether oxygens (including phenoxy) is 3. The molecule has 0 saturated carbocycles. The van der Waals surface area contributed by atoms with E-state index in [-0.39, 0.29) is 12.0 Å². The van der Waals surface area contributed by atoms with Gasteiger partial charge in [0.15, 0.2) is 6.10 Å². The van der Waals surface area contributed by atoms with Crippen molar-refractivity contribution in [2.75, 3.05) is 25.2 Å². The zero-order valence-corrected chi connectivity index (χ0v) is 16.2.